The summed E-state index contributed by atoms with van der Waals surface area (Å²) in [6.07, 6.45) is 1.03. The zero-order valence-corrected chi connectivity index (χ0v) is 8.45. The van der Waals surface area contributed by atoms with Gasteiger partial charge in [-0.05, 0) is 36.2 Å². The second kappa shape index (κ2) is 3.40. The number of rotatable bonds is 1. The zero-order chi connectivity index (χ0) is 10.3. The molecule has 3 rings (SSSR count). The average Bonchev–Trinajstić information content (AvgIpc) is 2.72. The van der Waals surface area contributed by atoms with Gasteiger partial charge in [0.25, 0.3) is 0 Å². The lowest BCUT2D eigenvalue weighted by Gasteiger charge is -2.26. The van der Waals surface area contributed by atoms with Gasteiger partial charge in [0.1, 0.15) is 0 Å². The Morgan fingerprint density at radius 1 is 1.33 bits per heavy atom. The standard InChI is InChI=1S/C11H14N2O2/c12-5-9-8-4-11-10(14-6-15-11)3-7(8)1-2-13-9/h3-4,9,13H,1-2,5-6,12H2. The molecule has 0 saturated carbocycles. The monoisotopic (exact) mass is 206 g/mol. The minimum Gasteiger partial charge on any atom is -0.454 e. The first-order valence-electron chi connectivity index (χ1n) is 5.24. The Morgan fingerprint density at radius 2 is 2.13 bits per heavy atom. The van der Waals surface area contributed by atoms with Gasteiger partial charge in [0.2, 0.25) is 6.79 Å². The largest absolute Gasteiger partial charge is 0.454 e. The van der Waals surface area contributed by atoms with Gasteiger partial charge in [-0.1, -0.05) is 0 Å². The van der Waals surface area contributed by atoms with Crippen LogP contribution in [-0.4, -0.2) is 19.9 Å². The minimum atomic E-state index is 0.253. The molecule has 80 valence electrons. The smallest absolute Gasteiger partial charge is 0.231 e. The van der Waals surface area contributed by atoms with Gasteiger partial charge in [-0.2, -0.15) is 0 Å². The van der Waals surface area contributed by atoms with Crippen LogP contribution in [0.4, 0.5) is 0 Å². The summed E-state index contributed by atoms with van der Waals surface area (Å²) >= 11 is 0. The van der Waals surface area contributed by atoms with Crippen molar-refractivity contribution in [3.8, 4) is 11.5 Å². The number of benzene rings is 1. The summed E-state index contributed by atoms with van der Waals surface area (Å²) in [5.74, 6) is 1.71. The van der Waals surface area contributed by atoms with Crippen LogP contribution >= 0.6 is 0 Å². The highest BCUT2D eigenvalue weighted by Crippen LogP contribution is 2.37. The van der Waals surface area contributed by atoms with E-state index in [9.17, 15) is 0 Å². The van der Waals surface area contributed by atoms with Crippen molar-refractivity contribution < 1.29 is 9.47 Å². The van der Waals surface area contributed by atoms with E-state index in [1.165, 1.54) is 11.1 Å². The van der Waals surface area contributed by atoms with Crippen LogP contribution in [0.15, 0.2) is 12.1 Å². The topological polar surface area (TPSA) is 56.5 Å². The van der Waals surface area contributed by atoms with E-state index in [2.05, 4.69) is 17.4 Å². The molecule has 0 spiro atoms. The molecule has 4 heteroatoms. The first kappa shape index (κ1) is 9.00. The Labute approximate surface area is 88.4 Å². The average molecular weight is 206 g/mol. The van der Waals surface area contributed by atoms with E-state index in [4.69, 9.17) is 15.2 Å². The van der Waals surface area contributed by atoms with Gasteiger partial charge in [-0.15, -0.1) is 0 Å². The fraction of sp³-hybridized carbons (Fsp3) is 0.455. The molecule has 0 saturated heterocycles. The molecule has 0 amide bonds. The van der Waals surface area contributed by atoms with Crippen molar-refractivity contribution in [1.29, 1.82) is 0 Å². The van der Waals surface area contributed by atoms with Gasteiger partial charge in [0.15, 0.2) is 11.5 Å². The Kier molecular flexibility index (Phi) is 2.04. The van der Waals surface area contributed by atoms with Crippen molar-refractivity contribution in [2.45, 2.75) is 12.5 Å². The highest BCUT2D eigenvalue weighted by Gasteiger charge is 2.23. The third-order valence-electron chi connectivity index (χ3n) is 3.03. The maximum Gasteiger partial charge on any atom is 0.231 e. The molecule has 0 bridgehead atoms. The van der Waals surface area contributed by atoms with Gasteiger partial charge in [0.05, 0.1) is 0 Å². The molecule has 0 aliphatic carbocycles. The normalized spacial score (nSPS) is 22.6. The van der Waals surface area contributed by atoms with Crippen LogP contribution in [0.5, 0.6) is 11.5 Å². The second-order valence-electron chi connectivity index (χ2n) is 3.90. The first-order valence-corrected chi connectivity index (χ1v) is 5.24. The molecule has 1 unspecified atom stereocenters. The van der Waals surface area contributed by atoms with E-state index in [1.54, 1.807) is 0 Å². The number of hydrogen-bond donors (Lipinski definition) is 2. The Morgan fingerprint density at radius 3 is 2.93 bits per heavy atom. The zero-order valence-electron chi connectivity index (χ0n) is 8.45. The quantitative estimate of drug-likeness (QED) is 0.705. The Hall–Kier alpha value is -1.26. The van der Waals surface area contributed by atoms with Crippen LogP contribution in [-0.2, 0) is 6.42 Å². The molecule has 2 heterocycles. The van der Waals surface area contributed by atoms with Crippen LogP contribution in [0.3, 0.4) is 0 Å². The van der Waals surface area contributed by atoms with Gasteiger partial charge in [0, 0.05) is 12.6 Å². The summed E-state index contributed by atoms with van der Waals surface area (Å²) in [5.41, 5.74) is 8.31. The summed E-state index contributed by atoms with van der Waals surface area (Å²) in [6, 6.07) is 4.39. The van der Waals surface area contributed by atoms with Gasteiger partial charge < -0.3 is 20.5 Å². The van der Waals surface area contributed by atoms with Crippen LogP contribution in [0.1, 0.15) is 17.2 Å². The maximum absolute atomic E-state index is 5.73. The van der Waals surface area contributed by atoms with E-state index in [-0.39, 0.29) is 6.04 Å². The highest BCUT2D eigenvalue weighted by atomic mass is 16.7. The highest BCUT2D eigenvalue weighted by molar-refractivity contribution is 5.50. The molecule has 4 nitrogen and oxygen atoms in total. The van der Waals surface area contributed by atoms with Crippen molar-refractivity contribution in [2.75, 3.05) is 19.9 Å². The molecular weight excluding hydrogens is 192 g/mol. The van der Waals surface area contributed by atoms with Crippen molar-refractivity contribution in [3.05, 3.63) is 23.3 Å². The lowest BCUT2D eigenvalue weighted by molar-refractivity contribution is 0.174. The first-order chi connectivity index (χ1) is 7.38. The minimum absolute atomic E-state index is 0.253. The number of nitrogens with one attached hydrogen (secondary N) is 1. The van der Waals surface area contributed by atoms with Crippen molar-refractivity contribution in [3.63, 3.8) is 0 Å². The third kappa shape index (κ3) is 1.37. The van der Waals surface area contributed by atoms with E-state index < -0.39 is 0 Å². The number of ether oxygens (including phenoxy) is 2. The lowest BCUT2D eigenvalue weighted by atomic mass is 9.94. The third-order valence-corrected chi connectivity index (χ3v) is 3.03. The molecule has 0 fully saturated rings. The molecule has 2 aliphatic heterocycles. The van der Waals surface area contributed by atoms with E-state index in [0.29, 0.717) is 13.3 Å². The molecule has 0 radical (unpaired) electrons. The number of fused-ring (bicyclic) bond motifs is 2. The molecule has 1 aromatic rings. The number of nitrogens with two attached hydrogens (primary N) is 1. The number of hydrogen-bond acceptors (Lipinski definition) is 4. The maximum atomic E-state index is 5.73. The molecule has 15 heavy (non-hydrogen) atoms. The fourth-order valence-corrected chi connectivity index (χ4v) is 2.24. The van der Waals surface area contributed by atoms with E-state index in [0.717, 1.165) is 24.5 Å². The van der Waals surface area contributed by atoms with Crippen LogP contribution < -0.4 is 20.5 Å². The van der Waals surface area contributed by atoms with Gasteiger partial charge in [-0.3, -0.25) is 0 Å². The Bertz CT molecular complexity index is 392. The molecule has 3 N–H and O–H groups in total. The molecule has 2 aliphatic rings. The molecule has 1 atom stereocenters. The SMILES string of the molecule is NCC1NCCc2cc3c(cc21)OCO3. The van der Waals surface area contributed by atoms with E-state index in [1.807, 2.05) is 0 Å². The van der Waals surface area contributed by atoms with Gasteiger partial charge in [-0.25, -0.2) is 0 Å². The summed E-state index contributed by atoms with van der Waals surface area (Å²) < 4.78 is 10.7. The van der Waals surface area contributed by atoms with Crippen molar-refractivity contribution >= 4 is 0 Å². The van der Waals surface area contributed by atoms with E-state index >= 15 is 0 Å². The van der Waals surface area contributed by atoms with Crippen molar-refractivity contribution in [2.24, 2.45) is 5.73 Å². The summed E-state index contributed by atoms with van der Waals surface area (Å²) in [5, 5.41) is 3.39. The Balaban J connectivity index is 2.08. The van der Waals surface area contributed by atoms with Gasteiger partial charge >= 0.3 is 0 Å². The summed E-state index contributed by atoms with van der Waals surface area (Å²) in [4.78, 5) is 0. The summed E-state index contributed by atoms with van der Waals surface area (Å²) in [6.45, 7) is 1.93. The summed E-state index contributed by atoms with van der Waals surface area (Å²) in [7, 11) is 0. The fourth-order valence-electron chi connectivity index (χ4n) is 2.24. The predicted molar refractivity (Wildman–Crippen MR) is 56.1 cm³/mol. The molecular formula is C11H14N2O2. The van der Waals surface area contributed by atoms with Crippen LogP contribution in [0.2, 0.25) is 0 Å². The molecule has 1 aromatic carbocycles. The molecule has 0 aromatic heterocycles. The predicted octanol–water partition coefficient (Wildman–Crippen LogP) is 0.561. The van der Waals surface area contributed by atoms with Crippen LogP contribution in [0.25, 0.3) is 0 Å². The second-order valence-corrected chi connectivity index (χ2v) is 3.90. The lowest BCUT2D eigenvalue weighted by Crippen LogP contribution is -2.34. The van der Waals surface area contributed by atoms with Crippen molar-refractivity contribution in [1.82, 2.24) is 5.32 Å². The van der Waals surface area contributed by atoms with Crippen LogP contribution in [0, 0.1) is 0 Å².